The van der Waals surface area contributed by atoms with Crippen LogP contribution < -0.4 is 4.90 Å². The summed E-state index contributed by atoms with van der Waals surface area (Å²) in [7, 11) is 1.74. The van der Waals surface area contributed by atoms with Crippen molar-refractivity contribution in [1.29, 1.82) is 0 Å². The minimum absolute atomic E-state index is 0.152. The minimum Gasteiger partial charge on any atom is -0.493 e. The molecule has 2 aromatic rings. The van der Waals surface area contributed by atoms with Gasteiger partial charge in [0.1, 0.15) is 5.03 Å². The first-order chi connectivity index (χ1) is 13.5. The van der Waals surface area contributed by atoms with Crippen LogP contribution in [0.4, 0.5) is 5.69 Å². The molecule has 3 rings (SSSR count). The van der Waals surface area contributed by atoms with Gasteiger partial charge in [-0.2, -0.15) is 0 Å². The summed E-state index contributed by atoms with van der Waals surface area (Å²) in [5, 5.41) is 11.1. The second kappa shape index (κ2) is 9.30. The normalized spacial score (nSPS) is 12.5. The quantitative estimate of drug-likeness (QED) is 0.216. The molecule has 0 atom stereocenters. The van der Waals surface area contributed by atoms with E-state index in [1.807, 2.05) is 12.1 Å². The number of hydrogen-bond donors (Lipinski definition) is 1. The largest absolute Gasteiger partial charge is 0.493 e. The highest BCUT2D eigenvalue weighted by molar-refractivity contribution is 8.03. The van der Waals surface area contributed by atoms with Gasteiger partial charge >= 0.3 is 5.97 Å². The second-order valence-electron chi connectivity index (χ2n) is 6.01. The maximum Gasteiger partial charge on any atom is 0.330 e. The number of aromatic hydroxyl groups is 1. The zero-order valence-corrected chi connectivity index (χ0v) is 17.8. The van der Waals surface area contributed by atoms with E-state index < -0.39 is 5.97 Å². The summed E-state index contributed by atoms with van der Waals surface area (Å²) >= 11 is 8.20. The molecule has 1 aliphatic heterocycles. The molecule has 0 unspecified atom stereocenters. The molecule has 0 amide bonds. The molecule has 0 saturated carbocycles. The summed E-state index contributed by atoms with van der Waals surface area (Å²) in [4.78, 5) is 15.2. The lowest BCUT2D eigenvalue weighted by Crippen LogP contribution is -2.19. The van der Waals surface area contributed by atoms with E-state index in [0.717, 1.165) is 30.1 Å². The van der Waals surface area contributed by atoms with Crippen LogP contribution in [0.15, 0.2) is 52.6 Å². The third-order valence-electron chi connectivity index (χ3n) is 4.13. The summed E-state index contributed by atoms with van der Waals surface area (Å²) < 4.78 is 7.23. The second-order valence-corrected chi connectivity index (χ2v) is 8.72. The molecule has 28 heavy (non-hydrogen) atoms. The number of ether oxygens (including phenoxy) is 1. The van der Waals surface area contributed by atoms with Crippen molar-refractivity contribution in [3.63, 3.8) is 0 Å². The number of anilines is 1. The highest BCUT2D eigenvalue weighted by atomic mass is 32.2. The summed E-state index contributed by atoms with van der Waals surface area (Å²) in [6.07, 6.45) is 4.58. The lowest BCUT2D eigenvalue weighted by atomic mass is 10.2. The fraction of sp³-hybridized carbons (Fsp3) is 0.250. The first-order valence-corrected chi connectivity index (χ1v) is 10.7. The van der Waals surface area contributed by atoms with Crippen LogP contribution >= 0.6 is 35.3 Å². The maximum absolute atomic E-state index is 11.1. The number of thiazole rings is 1. The Morgan fingerprint density at radius 1 is 1.39 bits per heavy atom. The number of para-hydroxylation sites is 1. The Morgan fingerprint density at radius 3 is 2.89 bits per heavy atom. The molecule has 2 heterocycles. The number of fused-ring (bicyclic) bond motifs is 1. The van der Waals surface area contributed by atoms with Crippen LogP contribution in [0.1, 0.15) is 17.7 Å². The van der Waals surface area contributed by atoms with Gasteiger partial charge in [0.15, 0.2) is 3.95 Å². The Kier molecular flexibility index (Phi) is 6.80. The lowest BCUT2D eigenvalue weighted by Gasteiger charge is -2.19. The van der Waals surface area contributed by atoms with Gasteiger partial charge in [-0.05, 0) is 37.2 Å². The zero-order valence-electron chi connectivity index (χ0n) is 15.4. The van der Waals surface area contributed by atoms with Crippen molar-refractivity contribution in [2.75, 3.05) is 18.1 Å². The smallest absolute Gasteiger partial charge is 0.330 e. The van der Waals surface area contributed by atoms with Gasteiger partial charge in [0, 0.05) is 30.6 Å². The zero-order chi connectivity index (χ0) is 20.1. The van der Waals surface area contributed by atoms with Gasteiger partial charge in [0.25, 0.3) is 0 Å². The average molecular weight is 433 g/mol. The van der Waals surface area contributed by atoms with Crippen molar-refractivity contribution in [3.8, 4) is 5.88 Å². The highest BCUT2D eigenvalue weighted by Crippen LogP contribution is 2.45. The molecule has 0 aliphatic carbocycles. The fourth-order valence-electron chi connectivity index (χ4n) is 2.65. The van der Waals surface area contributed by atoms with Crippen LogP contribution in [0.25, 0.3) is 6.08 Å². The van der Waals surface area contributed by atoms with Crippen LogP contribution in [0.2, 0.25) is 0 Å². The van der Waals surface area contributed by atoms with E-state index in [9.17, 15) is 9.90 Å². The molecule has 0 saturated heterocycles. The number of carbonyl (C=O) groups is 1. The van der Waals surface area contributed by atoms with Crippen LogP contribution in [0.3, 0.4) is 0 Å². The molecule has 5 nitrogen and oxygen atoms in total. The van der Waals surface area contributed by atoms with Crippen molar-refractivity contribution >= 4 is 53.0 Å². The standard InChI is InChI=1S/C20H20N2O3S3/c1-3-18(23)25-13-7-6-12-22-14-8-4-5-9-15(14)27-17(22)11-10-16-19(24)21(2)20(26)28-16/h3-5,8-10,24H,1,6-7,12-13H2,2H3. The van der Waals surface area contributed by atoms with Crippen molar-refractivity contribution in [2.45, 2.75) is 17.7 Å². The Morgan fingerprint density at radius 2 is 2.18 bits per heavy atom. The molecule has 0 bridgehead atoms. The number of hydrogen-bond acceptors (Lipinski definition) is 7. The SMILES string of the molecule is C=CC(=O)OCCCCN1C(=C=Cc2sc(=S)n(C)c2O)Sc2ccccc21. The third kappa shape index (κ3) is 4.59. The van der Waals surface area contributed by atoms with E-state index in [4.69, 9.17) is 17.0 Å². The first-order valence-electron chi connectivity index (χ1n) is 8.70. The molecule has 1 aliphatic rings. The summed E-state index contributed by atoms with van der Waals surface area (Å²) in [6.45, 7) is 4.55. The number of rotatable bonds is 7. The Labute approximate surface area is 177 Å². The molecule has 146 valence electrons. The fourth-order valence-corrected chi connectivity index (χ4v) is 4.82. The summed E-state index contributed by atoms with van der Waals surface area (Å²) in [5.41, 5.74) is 4.45. The van der Waals surface area contributed by atoms with Gasteiger partial charge in [0.05, 0.1) is 17.2 Å². The molecular formula is C20H20N2O3S3. The predicted octanol–water partition coefficient (Wildman–Crippen LogP) is 5.10. The number of esters is 1. The molecule has 0 radical (unpaired) electrons. The monoisotopic (exact) mass is 432 g/mol. The van der Waals surface area contributed by atoms with Gasteiger partial charge in [-0.1, -0.05) is 36.2 Å². The predicted molar refractivity (Wildman–Crippen MR) is 117 cm³/mol. The molecule has 1 N–H and O–H groups in total. The Bertz CT molecular complexity index is 1020. The van der Waals surface area contributed by atoms with Crippen molar-refractivity contribution in [1.82, 2.24) is 4.57 Å². The molecule has 1 aromatic heterocycles. The number of carbonyl (C=O) groups excluding carboxylic acids is 1. The van der Waals surface area contributed by atoms with E-state index >= 15 is 0 Å². The highest BCUT2D eigenvalue weighted by Gasteiger charge is 2.24. The van der Waals surface area contributed by atoms with Gasteiger partial charge in [-0.15, -0.1) is 11.3 Å². The van der Waals surface area contributed by atoms with Crippen molar-refractivity contribution < 1.29 is 14.6 Å². The van der Waals surface area contributed by atoms with Crippen molar-refractivity contribution in [2.24, 2.45) is 7.05 Å². The van der Waals surface area contributed by atoms with Gasteiger partial charge < -0.3 is 14.7 Å². The van der Waals surface area contributed by atoms with E-state index in [2.05, 4.69) is 29.3 Å². The minimum atomic E-state index is -0.393. The topological polar surface area (TPSA) is 54.7 Å². The number of nitrogens with zero attached hydrogens (tertiary/aromatic N) is 2. The third-order valence-corrected chi connectivity index (χ3v) is 6.72. The molecule has 8 heteroatoms. The lowest BCUT2D eigenvalue weighted by molar-refractivity contribution is -0.137. The van der Waals surface area contributed by atoms with Crippen molar-refractivity contribution in [3.05, 3.63) is 56.5 Å². The summed E-state index contributed by atoms with van der Waals surface area (Å²) in [5.74, 6) is -0.241. The maximum atomic E-state index is 11.1. The molecule has 0 fully saturated rings. The average Bonchev–Trinajstić information content (AvgIpc) is 3.18. The van der Waals surface area contributed by atoms with Crippen LogP contribution in [-0.2, 0) is 16.6 Å². The van der Waals surface area contributed by atoms with Crippen LogP contribution in [0, 0.1) is 3.95 Å². The molecule has 1 aromatic carbocycles. The first kappa shape index (κ1) is 20.5. The number of benzene rings is 1. The Balaban J connectivity index is 1.76. The van der Waals surface area contributed by atoms with Gasteiger partial charge in [-0.3, -0.25) is 4.57 Å². The van der Waals surface area contributed by atoms with E-state index in [-0.39, 0.29) is 5.88 Å². The van der Waals surface area contributed by atoms with Crippen LogP contribution in [-0.4, -0.2) is 28.8 Å². The number of unbranched alkanes of at least 4 members (excludes halogenated alkanes) is 1. The van der Waals surface area contributed by atoms with Crippen LogP contribution in [0.5, 0.6) is 5.88 Å². The van der Waals surface area contributed by atoms with E-state index in [1.165, 1.54) is 22.3 Å². The number of thioether (sulfide) groups is 1. The van der Waals surface area contributed by atoms with Gasteiger partial charge in [-0.25, -0.2) is 4.79 Å². The summed E-state index contributed by atoms with van der Waals surface area (Å²) in [6, 6.07) is 8.19. The van der Waals surface area contributed by atoms with E-state index in [0.29, 0.717) is 15.4 Å². The van der Waals surface area contributed by atoms with Gasteiger partial charge in [0.2, 0.25) is 5.88 Å². The van der Waals surface area contributed by atoms with E-state index in [1.54, 1.807) is 29.5 Å². The molecule has 0 spiro atoms. The molecular weight excluding hydrogens is 412 g/mol. The number of aromatic nitrogens is 1. The Hall–Kier alpha value is -2.25.